The summed E-state index contributed by atoms with van der Waals surface area (Å²) in [5, 5.41) is 4.85. The number of aromatic nitrogens is 1. The van der Waals surface area contributed by atoms with Crippen LogP contribution in [0.3, 0.4) is 0 Å². The summed E-state index contributed by atoms with van der Waals surface area (Å²) in [6.07, 6.45) is 1.47. The number of nitrogens with one attached hydrogen (secondary N) is 2. The maximum atomic E-state index is 12.1. The highest BCUT2D eigenvalue weighted by atomic mass is 32.2. The van der Waals surface area contributed by atoms with Crippen LogP contribution in [0.15, 0.2) is 64.3 Å². The van der Waals surface area contributed by atoms with Crippen molar-refractivity contribution in [2.45, 2.75) is 4.21 Å². The Morgan fingerprint density at radius 2 is 1.79 bits per heavy atom. The fourth-order valence-electron chi connectivity index (χ4n) is 1.97. The van der Waals surface area contributed by atoms with E-state index in [0.29, 0.717) is 11.5 Å². The minimum Gasteiger partial charge on any atom is -0.497 e. The van der Waals surface area contributed by atoms with Crippen LogP contribution in [0.1, 0.15) is 0 Å². The van der Waals surface area contributed by atoms with Gasteiger partial charge in [0.1, 0.15) is 15.8 Å². The summed E-state index contributed by atoms with van der Waals surface area (Å²) in [6, 6.07) is 14.0. The van der Waals surface area contributed by atoms with Gasteiger partial charge in [0.2, 0.25) is 0 Å². The summed E-state index contributed by atoms with van der Waals surface area (Å²) >= 11 is 1.16. The molecule has 3 rings (SSSR count). The number of hydrogen-bond donors (Lipinski definition) is 2. The van der Waals surface area contributed by atoms with E-state index < -0.39 is 10.0 Å². The monoisotopic (exact) mass is 361 g/mol. The topological polar surface area (TPSA) is 80.3 Å². The number of benzene rings is 1. The summed E-state index contributed by atoms with van der Waals surface area (Å²) in [4.78, 5) is 4.22. The van der Waals surface area contributed by atoms with Crippen molar-refractivity contribution in [3.8, 4) is 5.75 Å². The quantitative estimate of drug-likeness (QED) is 0.700. The van der Waals surface area contributed by atoms with Gasteiger partial charge in [-0.25, -0.2) is 13.4 Å². The number of rotatable bonds is 6. The molecular weight excluding hydrogens is 346 g/mol. The summed E-state index contributed by atoms with van der Waals surface area (Å²) < 4.78 is 32.2. The molecule has 6 nitrogen and oxygen atoms in total. The third-order valence-electron chi connectivity index (χ3n) is 3.14. The van der Waals surface area contributed by atoms with Gasteiger partial charge >= 0.3 is 0 Å². The van der Waals surface area contributed by atoms with E-state index in [1.165, 1.54) is 6.20 Å². The molecule has 1 aromatic carbocycles. The van der Waals surface area contributed by atoms with Crippen molar-refractivity contribution in [3.05, 3.63) is 60.1 Å². The average molecular weight is 361 g/mol. The Morgan fingerprint density at radius 3 is 2.38 bits per heavy atom. The third-order valence-corrected chi connectivity index (χ3v) is 5.92. The Morgan fingerprint density at radius 1 is 1.04 bits per heavy atom. The van der Waals surface area contributed by atoms with Crippen molar-refractivity contribution in [2.75, 3.05) is 17.1 Å². The maximum Gasteiger partial charge on any atom is 0.271 e. The van der Waals surface area contributed by atoms with Crippen molar-refractivity contribution in [3.63, 3.8) is 0 Å². The Bertz CT molecular complexity index is 891. The van der Waals surface area contributed by atoms with Crippen LogP contribution in [-0.2, 0) is 10.0 Å². The minimum atomic E-state index is -3.56. The van der Waals surface area contributed by atoms with E-state index >= 15 is 0 Å². The predicted molar refractivity (Wildman–Crippen MR) is 95.6 cm³/mol. The van der Waals surface area contributed by atoms with Crippen LogP contribution < -0.4 is 14.8 Å². The zero-order chi connectivity index (χ0) is 17.0. The first kappa shape index (κ1) is 16.3. The molecule has 8 heteroatoms. The number of methoxy groups -OCH3 is 1. The summed E-state index contributed by atoms with van der Waals surface area (Å²) in [5.74, 6) is 1.38. The Labute approximate surface area is 144 Å². The first-order chi connectivity index (χ1) is 11.6. The van der Waals surface area contributed by atoms with Gasteiger partial charge in [-0.15, -0.1) is 11.3 Å². The lowest BCUT2D eigenvalue weighted by Gasteiger charge is -2.09. The third kappa shape index (κ3) is 3.84. The molecule has 0 unspecified atom stereocenters. The van der Waals surface area contributed by atoms with Crippen LogP contribution in [0.5, 0.6) is 5.75 Å². The summed E-state index contributed by atoms with van der Waals surface area (Å²) in [7, 11) is -1.94. The molecule has 0 aliphatic carbocycles. The molecule has 2 heterocycles. The molecule has 3 aromatic rings. The zero-order valence-corrected chi connectivity index (χ0v) is 14.4. The molecule has 0 spiro atoms. The molecule has 124 valence electrons. The molecule has 0 saturated carbocycles. The minimum absolute atomic E-state index is 0.267. The standard InChI is InChI=1S/C16H15N3O3S2/c1-22-14-7-4-12(5-8-14)18-15-9-6-13(11-17-15)19-24(20,21)16-3-2-10-23-16/h2-11,19H,1H3,(H,17,18). The van der Waals surface area contributed by atoms with Gasteiger partial charge in [-0.1, -0.05) is 6.07 Å². The van der Waals surface area contributed by atoms with Crippen LogP contribution in [-0.4, -0.2) is 20.5 Å². The number of hydrogen-bond acceptors (Lipinski definition) is 6. The zero-order valence-electron chi connectivity index (χ0n) is 12.8. The molecular formula is C16H15N3O3S2. The van der Waals surface area contributed by atoms with Gasteiger partial charge in [0, 0.05) is 5.69 Å². The molecule has 0 radical (unpaired) electrons. The lowest BCUT2D eigenvalue weighted by molar-refractivity contribution is 0.415. The average Bonchev–Trinajstić information content (AvgIpc) is 3.13. The van der Waals surface area contributed by atoms with E-state index in [2.05, 4.69) is 15.0 Å². The van der Waals surface area contributed by atoms with Gasteiger partial charge in [-0.2, -0.15) is 0 Å². The Balaban J connectivity index is 1.69. The SMILES string of the molecule is COc1ccc(Nc2ccc(NS(=O)(=O)c3cccs3)cn2)cc1. The van der Waals surface area contributed by atoms with E-state index in [1.807, 2.05) is 24.3 Å². The molecule has 0 aliphatic rings. The number of sulfonamides is 1. The van der Waals surface area contributed by atoms with Crippen molar-refractivity contribution >= 4 is 38.6 Å². The van der Waals surface area contributed by atoms with E-state index in [0.717, 1.165) is 22.8 Å². The first-order valence-corrected chi connectivity index (χ1v) is 9.36. The first-order valence-electron chi connectivity index (χ1n) is 7.00. The van der Waals surface area contributed by atoms with Crippen LogP contribution >= 0.6 is 11.3 Å². The van der Waals surface area contributed by atoms with Crippen LogP contribution in [0, 0.1) is 0 Å². The molecule has 0 bridgehead atoms. The van der Waals surface area contributed by atoms with Gasteiger partial charge in [-0.3, -0.25) is 4.72 Å². The second-order valence-electron chi connectivity index (χ2n) is 4.82. The smallest absolute Gasteiger partial charge is 0.271 e. The fourth-order valence-corrected chi connectivity index (χ4v) is 4.01. The number of anilines is 3. The summed E-state index contributed by atoms with van der Waals surface area (Å²) in [6.45, 7) is 0. The fraction of sp³-hybridized carbons (Fsp3) is 0.0625. The largest absolute Gasteiger partial charge is 0.497 e. The number of pyridine rings is 1. The van der Waals surface area contributed by atoms with E-state index in [4.69, 9.17) is 4.74 Å². The lowest BCUT2D eigenvalue weighted by Crippen LogP contribution is -2.11. The normalized spacial score (nSPS) is 11.0. The van der Waals surface area contributed by atoms with Crippen molar-refractivity contribution in [2.24, 2.45) is 0 Å². The van der Waals surface area contributed by atoms with Crippen LogP contribution in [0.4, 0.5) is 17.2 Å². The van der Waals surface area contributed by atoms with Gasteiger partial charge in [0.15, 0.2) is 0 Å². The maximum absolute atomic E-state index is 12.1. The van der Waals surface area contributed by atoms with Crippen molar-refractivity contribution in [1.29, 1.82) is 0 Å². The van der Waals surface area contributed by atoms with Gasteiger partial charge in [-0.05, 0) is 47.8 Å². The predicted octanol–water partition coefficient (Wildman–Crippen LogP) is 3.70. The lowest BCUT2D eigenvalue weighted by atomic mass is 10.3. The molecule has 0 saturated heterocycles. The molecule has 2 N–H and O–H groups in total. The van der Waals surface area contributed by atoms with Gasteiger partial charge in [0.25, 0.3) is 10.0 Å². The highest BCUT2D eigenvalue weighted by molar-refractivity contribution is 7.94. The molecule has 0 aliphatic heterocycles. The van der Waals surface area contributed by atoms with Crippen LogP contribution in [0.25, 0.3) is 0 Å². The number of ether oxygens (including phenoxy) is 1. The van der Waals surface area contributed by atoms with Crippen molar-refractivity contribution < 1.29 is 13.2 Å². The second-order valence-corrected chi connectivity index (χ2v) is 7.68. The molecule has 2 aromatic heterocycles. The number of thiophene rings is 1. The molecule has 24 heavy (non-hydrogen) atoms. The molecule has 0 fully saturated rings. The molecule has 0 amide bonds. The highest BCUT2D eigenvalue weighted by Crippen LogP contribution is 2.22. The summed E-state index contributed by atoms with van der Waals surface area (Å²) in [5.41, 5.74) is 1.26. The van der Waals surface area contributed by atoms with E-state index in [9.17, 15) is 8.42 Å². The second kappa shape index (κ2) is 6.90. The highest BCUT2D eigenvalue weighted by Gasteiger charge is 2.15. The van der Waals surface area contributed by atoms with Gasteiger partial charge in [0.05, 0.1) is 19.0 Å². The Hall–Kier alpha value is -2.58. The Kier molecular flexibility index (Phi) is 4.68. The van der Waals surface area contributed by atoms with Crippen LogP contribution in [0.2, 0.25) is 0 Å². The number of nitrogens with zero attached hydrogens (tertiary/aromatic N) is 1. The van der Waals surface area contributed by atoms with Gasteiger partial charge < -0.3 is 10.1 Å². The van der Waals surface area contributed by atoms with E-state index in [-0.39, 0.29) is 4.21 Å². The van der Waals surface area contributed by atoms with E-state index in [1.54, 1.807) is 36.8 Å². The molecule has 0 atom stereocenters. The van der Waals surface area contributed by atoms with Crippen molar-refractivity contribution in [1.82, 2.24) is 4.98 Å².